The average molecular weight is 561 g/mol. The van der Waals surface area contributed by atoms with Crippen molar-refractivity contribution < 1.29 is 34.0 Å². The van der Waals surface area contributed by atoms with Crippen LogP contribution in [0.15, 0.2) is 60.2 Å². The zero-order valence-corrected chi connectivity index (χ0v) is 22.9. The first-order valence-corrected chi connectivity index (χ1v) is 13.6. The standard InChI is InChI=1S/C30H28N2O7S/c1-37-21-9-5-6-19(15-21)28(34)22(27(30(35)36)18-10-11-23-24(16-18)32-40-31-23)12-17-13-25(33)29(26(14-17)38-2)39-20-7-3-4-8-20/h5-6,9-11,13-16,20,33H,3-4,7-8,12H2,1-2H3,(H,35,36)/b27-22-. The number of hydrogen-bond acceptors (Lipinski definition) is 9. The molecular weight excluding hydrogens is 532 g/mol. The summed E-state index contributed by atoms with van der Waals surface area (Å²) in [6, 6.07) is 14.6. The molecule has 206 valence electrons. The van der Waals surface area contributed by atoms with Crippen molar-refractivity contribution in [3.05, 3.63) is 76.9 Å². The number of carbonyl (C=O) groups excluding carboxylic acids is 1. The number of carboxylic acids is 1. The second-order valence-electron chi connectivity index (χ2n) is 9.53. The van der Waals surface area contributed by atoms with Gasteiger partial charge in [0.1, 0.15) is 16.8 Å². The van der Waals surface area contributed by atoms with Gasteiger partial charge in [0.2, 0.25) is 5.75 Å². The summed E-state index contributed by atoms with van der Waals surface area (Å²) in [5.41, 5.74) is 2.07. The number of allylic oxidation sites excluding steroid dienone is 1. The Bertz CT molecular complexity index is 1600. The Kier molecular flexibility index (Phi) is 7.97. The summed E-state index contributed by atoms with van der Waals surface area (Å²) in [5.74, 6) is -0.889. The molecule has 4 aromatic rings. The minimum absolute atomic E-state index is 0.00974. The number of fused-ring (bicyclic) bond motifs is 1. The van der Waals surface area contributed by atoms with Crippen molar-refractivity contribution >= 4 is 40.1 Å². The van der Waals surface area contributed by atoms with Crippen LogP contribution in [-0.4, -0.2) is 51.0 Å². The third kappa shape index (κ3) is 5.62. The van der Waals surface area contributed by atoms with Gasteiger partial charge in [-0.2, -0.15) is 8.75 Å². The van der Waals surface area contributed by atoms with Crippen molar-refractivity contribution in [3.63, 3.8) is 0 Å². The van der Waals surface area contributed by atoms with Crippen LogP contribution in [0.25, 0.3) is 16.6 Å². The topological polar surface area (TPSA) is 128 Å². The van der Waals surface area contributed by atoms with Gasteiger partial charge in [-0.1, -0.05) is 18.2 Å². The summed E-state index contributed by atoms with van der Waals surface area (Å²) in [5, 5.41) is 21.3. The monoisotopic (exact) mass is 560 g/mol. The van der Waals surface area contributed by atoms with Crippen LogP contribution in [0.3, 0.4) is 0 Å². The van der Waals surface area contributed by atoms with Crippen LogP contribution in [0.1, 0.15) is 47.2 Å². The number of nitrogens with zero attached hydrogens (tertiary/aromatic N) is 2. The highest BCUT2D eigenvalue weighted by atomic mass is 32.1. The number of ether oxygens (including phenoxy) is 3. The van der Waals surface area contributed by atoms with E-state index in [-0.39, 0.29) is 40.7 Å². The summed E-state index contributed by atoms with van der Waals surface area (Å²) in [6.45, 7) is 0. The minimum atomic E-state index is -1.27. The number of aromatic hydroxyl groups is 1. The van der Waals surface area contributed by atoms with E-state index in [0.29, 0.717) is 33.7 Å². The van der Waals surface area contributed by atoms with Crippen molar-refractivity contribution in [1.29, 1.82) is 0 Å². The van der Waals surface area contributed by atoms with Crippen molar-refractivity contribution in [2.45, 2.75) is 38.2 Å². The first-order chi connectivity index (χ1) is 19.4. The SMILES string of the molecule is COc1cccc(C(=O)/C(Cc2cc(O)c(OC3CCCC3)c(OC)c2)=C(\C(=O)O)c2ccc3nsnc3c2)c1. The van der Waals surface area contributed by atoms with Gasteiger partial charge in [-0.25, -0.2) is 4.79 Å². The lowest BCUT2D eigenvalue weighted by molar-refractivity contribution is -0.130. The van der Waals surface area contributed by atoms with E-state index < -0.39 is 11.8 Å². The van der Waals surface area contributed by atoms with Gasteiger partial charge in [0.05, 0.1) is 37.6 Å². The molecule has 1 heterocycles. The molecule has 0 amide bonds. The Morgan fingerprint density at radius 1 is 0.950 bits per heavy atom. The first-order valence-electron chi connectivity index (χ1n) is 12.8. The summed E-state index contributed by atoms with van der Waals surface area (Å²) in [6.07, 6.45) is 3.81. The molecule has 3 aromatic carbocycles. The Morgan fingerprint density at radius 2 is 1.73 bits per heavy atom. The van der Waals surface area contributed by atoms with Crippen molar-refractivity contribution in [2.75, 3.05) is 14.2 Å². The lowest BCUT2D eigenvalue weighted by Crippen LogP contribution is -2.15. The minimum Gasteiger partial charge on any atom is -0.504 e. The summed E-state index contributed by atoms with van der Waals surface area (Å²) < 4.78 is 25.3. The summed E-state index contributed by atoms with van der Waals surface area (Å²) in [4.78, 5) is 26.7. The number of aromatic nitrogens is 2. The molecule has 1 aromatic heterocycles. The molecule has 1 fully saturated rings. The summed E-state index contributed by atoms with van der Waals surface area (Å²) in [7, 11) is 2.96. The number of phenolic OH excluding ortho intramolecular Hbond substituents is 1. The molecule has 0 aliphatic heterocycles. The van der Waals surface area contributed by atoms with Crippen LogP contribution >= 0.6 is 11.7 Å². The Labute approximate surface area is 235 Å². The zero-order valence-electron chi connectivity index (χ0n) is 22.0. The first kappa shape index (κ1) is 27.1. The molecule has 1 aliphatic rings. The maximum Gasteiger partial charge on any atom is 0.336 e. The third-order valence-corrected chi connectivity index (χ3v) is 7.50. The second kappa shape index (κ2) is 11.7. The van der Waals surface area contributed by atoms with E-state index in [2.05, 4.69) is 8.75 Å². The number of carboxylic acid groups (broad SMARTS) is 1. The molecule has 40 heavy (non-hydrogen) atoms. The molecule has 0 unspecified atom stereocenters. The number of benzene rings is 3. The van der Waals surface area contributed by atoms with Crippen LogP contribution in [0, 0.1) is 0 Å². The van der Waals surface area contributed by atoms with Gasteiger partial charge in [0, 0.05) is 17.6 Å². The third-order valence-electron chi connectivity index (χ3n) is 6.95. The molecule has 0 radical (unpaired) electrons. The molecule has 10 heteroatoms. The number of phenols is 1. The normalized spacial score (nSPS) is 14.2. The lowest BCUT2D eigenvalue weighted by Gasteiger charge is -2.19. The molecule has 0 saturated heterocycles. The summed E-state index contributed by atoms with van der Waals surface area (Å²) >= 11 is 1.02. The van der Waals surface area contributed by atoms with Gasteiger partial charge in [-0.15, -0.1) is 0 Å². The van der Waals surface area contributed by atoms with Crippen LogP contribution in [0.4, 0.5) is 0 Å². The number of carbonyl (C=O) groups is 2. The Hall–Kier alpha value is -4.44. The van der Waals surface area contributed by atoms with E-state index in [0.717, 1.165) is 37.4 Å². The quantitative estimate of drug-likeness (QED) is 0.185. The predicted molar refractivity (Wildman–Crippen MR) is 151 cm³/mol. The smallest absolute Gasteiger partial charge is 0.336 e. The molecule has 5 rings (SSSR count). The van der Waals surface area contributed by atoms with Crippen LogP contribution in [0.5, 0.6) is 23.0 Å². The highest BCUT2D eigenvalue weighted by Gasteiger charge is 2.27. The molecule has 1 aliphatic carbocycles. The second-order valence-corrected chi connectivity index (χ2v) is 10.1. The van der Waals surface area contributed by atoms with E-state index in [9.17, 15) is 19.8 Å². The lowest BCUT2D eigenvalue weighted by atomic mass is 9.89. The molecule has 1 saturated carbocycles. The maximum atomic E-state index is 14.0. The fourth-order valence-electron chi connectivity index (χ4n) is 4.98. The largest absolute Gasteiger partial charge is 0.504 e. The molecule has 2 N–H and O–H groups in total. The number of ketones is 1. The molecule has 0 atom stereocenters. The van der Waals surface area contributed by atoms with Crippen molar-refractivity contribution in [2.24, 2.45) is 0 Å². The van der Waals surface area contributed by atoms with Gasteiger partial charge in [0.15, 0.2) is 17.3 Å². The number of rotatable bonds is 10. The van der Waals surface area contributed by atoms with E-state index in [4.69, 9.17) is 14.2 Å². The van der Waals surface area contributed by atoms with Gasteiger partial charge in [0.25, 0.3) is 0 Å². The van der Waals surface area contributed by atoms with Gasteiger partial charge in [-0.3, -0.25) is 4.79 Å². The number of Topliss-reactive ketones (excluding diaryl/α,β-unsaturated/α-hetero) is 1. The van der Waals surface area contributed by atoms with E-state index >= 15 is 0 Å². The predicted octanol–water partition coefficient (Wildman–Crippen LogP) is 5.70. The zero-order chi connectivity index (χ0) is 28.2. The van der Waals surface area contributed by atoms with Crippen LogP contribution in [-0.2, 0) is 11.2 Å². The molecule has 0 spiro atoms. The van der Waals surface area contributed by atoms with E-state index in [1.165, 1.54) is 20.3 Å². The van der Waals surface area contributed by atoms with Crippen molar-refractivity contribution in [1.82, 2.24) is 8.75 Å². The Morgan fingerprint density at radius 3 is 2.45 bits per heavy atom. The molecule has 0 bridgehead atoms. The average Bonchev–Trinajstić information content (AvgIpc) is 3.65. The van der Waals surface area contributed by atoms with Crippen LogP contribution in [0.2, 0.25) is 0 Å². The molecular formula is C30H28N2O7S. The number of methoxy groups -OCH3 is 2. The number of aliphatic carboxylic acids is 1. The van der Waals surface area contributed by atoms with E-state index in [1.54, 1.807) is 48.5 Å². The number of hydrogen-bond donors (Lipinski definition) is 2. The fourth-order valence-corrected chi connectivity index (χ4v) is 5.49. The van der Waals surface area contributed by atoms with Gasteiger partial charge in [-0.05, 0) is 73.2 Å². The highest BCUT2D eigenvalue weighted by molar-refractivity contribution is 7.00. The Balaban J connectivity index is 1.63. The van der Waals surface area contributed by atoms with Crippen LogP contribution < -0.4 is 14.2 Å². The molecule has 9 nitrogen and oxygen atoms in total. The maximum absolute atomic E-state index is 14.0. The van der Waals surface area contributed by atoms with Gasteiger partial charge >= 0.3 is 5.97 Å². The van der Waals surface area contributed by atoms with Crippen molar-refractivity contribution in [3.8, 4) is 23.0 Å². The van der Waals surface area contributed by atoms with E-state index in [1.807, 2.05) is 0 Å². The fraction of sp³-hybridized carbons (Fsp3) is 0.267. The van der Waals surface area contributed by atoms with Gasteiger partial charge < -0.3 is 24.4 Å². The highest BCUT2D eigenvalue weighted by Crippen LogP contribution is 2.41.